The molecule has 0 unspecified atom stereocenters. The van der Waals surface area contributed by atoms with Crippen LogP contribution in [0.3, 0.4) is 0 Å². The first-order valence-electron chi connectivity index (χ1n) is 0. The first kappa shape index (κ1) is 442. The summed E-state index contributed by atoms with van der Waals surface area (Å²) in [4.78, 5) is 0. The van der Waals surface area contributed by atoms with Crippen molar-refractivity contribution in [2.75, 3.05) is 0 Å². The topological polar surface area (TPSA) is 120 Å². The fourth-order valence-corrected chi connectivity index (χ4v) is 0. The molecule has 0 amide bonds. The molecule has 0 rings (SSSR count). The summed E-state index contributed by atoms with van der Waals surface area (Å²) >= 11 is 0. The maximum atomic E-state index is 0. The first-order chi connectivity index (χ1) is 0. The monoisotopic (exact) mass is 255 g/mol. The van der Waals surface area contributed by atoms with Crippen LogP contribution < -0.4 is 0 Å². The minimum absolute atomic E-state index is 0. The summed E-state index contributed by atoms with van der Waals surface area (Å²) in [5.41, 5.74) is 0. The van der Waals surface area contributed by atoms with Gasteiger partial charge in [0.1, 0.15) is 0 Å². The van der Waals surface area contributed by atoms with E-state index in [1.165, 1.54) is 0 Å². The predicted octanol–water partition coefficient (Wildman–Crippen LogP) is -0.710. The van der Waals surface area contributed by atoms with E-state index in [1.54, 1.807) is 0 Å². The van der Waals surface area contributed by atoms with Gasteiger partial charge in [0.2, 0.25) is 0 Å². The van der Waals surface area contributed by atoms with Gasteiger partial charge in [-0.05, 0) is 0 Å². The molecule has 1 radical (unpaired) electrons. The molecule has 0 heterocycles. The normalized spacial score (nSPS) is 0. The van der Waals surface area contributed by atoms with E-state index in [9.17, 15) is 0 Å². The van der Waals surface area contributed by atoms with Gasteiger partial charge in [0.05, 0.1) is 0 Å². The summed E-state index contributed by atoms with van der Waals surface area (Å²) in [6.45, 7) is 0. The van der Waals surface area contributed by atoms with E-state index in [1.807, 2.05) is 0 Å². The van der Waals surface area contributed by atoms with Crippen LogP contribution in [-0.2, 0) is 20.4 Å². The van der Waals surface area contributed by atoms with Gasteiger partial charge < -0.3 is 21.9 Å². The Morgan fingerprint density at radius 3 is 0.400 bits per heavy atom. The predicted molar refractivity (Wildman–Crippen MR) is 7.74 cm³/mol. The van der Waals surface area contributed by atoms with E-state index in [0.29, 0.717) is 0 Å². The Bertz CT molecular complexity index is 3.61. The zero-order valence-electron chi connectivity index (χ0n) is 2.17. The van der Waals surface area contributed by atoms with E-state index in [-0.39, 0.29) is 42.3 Å². The summed E-state index contributed by atoms with van der Waals surface area (Å²) in [5.74, 6) is 0. The maximum absolute atomic E-state index is 0. The SMILES string of the molecule is [OH-].[OH-].[OH-].[OH-].[Re]. The molecule has 5 heteroatoms. The summed E-state index contributed by atoms with van der Waals surface area (Å²) in [6, 6.07) is 0. The number of rotatable bonds is 0. The van der Waals surface area contributed by atoms with E-state index < -0.39 is 0 Å². The molecule has 4 nitrogen and oxygen atoms in total. The van der Waals surface area contributed by atoms with Crippen molar-refractivity contribution in [3.63, 3.8) is 0 Å². The molecule has 0 aliphatic heterocycles. The van der Waals surface area contributed by atoms with Crippen molar-refractivity contribution in [2.45, 2.75) is 0 Å². The molecule has 0 atom stereocenters. The van der Waals surface area contributed by atoms with Gasteiger partial charge in [0.25, 0.3) is 0 Å². The Morgan fingerprint density at radius 1 is 0.400 bits per heavy atom. The van der Waals surface area contributed by atoms with E-state index in [2.05, 4.69) is 0 Å². The minimum atomic E-state index is 0. The molecule has 0 aliphatic carbocycles. The molecule has 0 aromatic rings. The zero-order valence-corrected chi connectivity index (χ0v) is 4.88. The van der Waals surface area contributed by atoms with Gasteiger partial charge in [0, 0.05) is 20.4 Å². The molecule has 0 aliphatic rings. The Labute approximate surface area is 43.1 Å². The summed E-state index contributed by atoms with van der Waals surface area (Å²) < 4.78 is 0. The van der Waals surface area contributed by atoms with E-state index in [4.69, 9.17) is 0 Å². The van der Waals surface area contributed by atoms with Crippen LogP contribution in [0.4, 0.5) is 0 Å². The fourth-order valence-electron chi connectivity index (χ4n) is 0. The van der Waals surface area contributed by atoms with Crippen molar-refractivity contribution in [2.24, 2.45) is 0 Å². The second-order valence-electron chi connectivity index (χ2n) is 0. The van der Waals surface area contributed by atoms with Gasteiger partial charge in [0.15, 0.2) is 0 Å². The van der Waals surface area contributed by atoms with Crippen LogP contribution in [0.5, 0.6) is 0 Å². The average Bonchev–Trinajstić information content (AvgIpc) is 0. The molecule has 0 saturated heterocycles. The van der Waals surface area contributed by atoms with Crippen molar-refractivity contribution < 1.29 is 42.3 Å². The molecule has 0 spiro atoms. The molecular formula is H4O4Re-4. The third-order valence-corrected chi connectivity index (χ3v) is 0. The maximum Gasteiger partial charge on any atom is 0 e. The average molecular weight is 254 g/mol. The number of hydrogen-bond acceptors (Lipinski definition) is 4. The second kappa shape index (κ2) is 219. The largest absolute Gasteiger partial charge is 0.870 e. The molecule has 0 aromatic heterocycles. The molecular weight excluding hydrogens is 250 g/mol. The molecule has 0 saturated carbocycles. The molecule has 0 fully saturated rings. The zero-order chi connectivity index (χ0) is 0. The molecule has 0 aromatic carbocycles. The van der Waals surface area contributed by atoms with Crippen molar-refractivity contribution in [3.05, 3.63) is 0 Å². The van der Waals surface area contributed by atoms with Crippen molar-refractivity contribution >= 4 is 0 Å². The van der Waals surface area contributed by atoms with Crippen LogP contribution in [0, 0.1) is 0 Å². The third-order valence-electron chi connectivity index (χ3n) is 0. The molecule has 39 valence electrons. The Morgan fingerprint density at radius 2 is 0.400 bits per heavy atom. The van der Waals surface area contributed by atoms with Gasteiger partial charge in [-0.2, -0.15) is 0 Å². The van der Waals surface area contributed by atoms with Crippen LogP contribution in [0.1, 0.15) is 0 Å². The van der Waals surface area contributed by atoms with Crippen molar-refractivity contribution in [1.29, 1.82) is 0 Å². The Balaban J connectivity index is 0. The molecule has 5 heavy (non-hydrogen) atoms. The minimum Gasteiger partial charge on any atom is -0.870 e. The second-order valence-corrected chi connectivity index (χ2v) is 0. The first-order valence-corrected chi connectivity index (χ1v) is 0. The van der Waals surface area contributed by atoms with Crippen LogP contribution in [-0.4, -0.2) is 21.9 Å². The fraction of sp³-hybridized carbons (Fsp3) is 0. The third kappa shape index (κ3) is 112. The van der Waals surface area contributed by atoms with Gasteiger partial charge in [-0.3, -0.25) is 0 Å². The quantitative estimate of drug-likeness (QED) is 0.566. The van der Waals surface area contributed by atoms with Gasteiger partial charge in [-0.25, -0.2) is 0 Å². The van der Waals surface area contributed by atoms with Gasteiger partial charge in [-0.1, -0.05) is 0 Å². The summed E-state index contributed by atoms with van der Waals surface area (Å²) in [5, 5.41) is 0. The number of hydrogen-bond donors (Lipinski definition) is 0. The molecule has 4 N–H and O–H groups in total. The smallest absolute Gasteiger partial charge is 0 e. The van der Waals surface area contributed by atoms with Gasteiger partial charge >= 0.3 is 0 Å². The van der Waals surface area contributed by atoms with Crippen LogP contribution in [0.2, 0.25) is 0 Å². The van der Waals surface area contributed by atoms with Crippen molar-refractivity contribution in [1.82, 2.24) is 0 Å². The van der Waals surface area contributed by atoms with Crippen LogP contribution in [0.15, 0.2) is 0 Å². The van der Waals surface area contributed by atoms with Gasteiger partial charge in [-0.15, -0.1) is 0 Å². The summed E-state index contributed by atoms with van der Waals surface area (Å²) in [6.07, 6.45) is 0. The Hall–Kier alpha value is 0.502. The molecule has 0 bridgehead atoms. The Kier molecular flexibility index (Phi) is 19300. The van der Waals surface area contributed by atoms with Crippen LogP contribution in [0.25, 0.3) is 0 Å². The van der Waals surface area contributed by atoms with E-state index >= 15 is 0 Å². The van der Waals surface area contributed by atoms with Crippen LogP contribution >= 0.6 is 0 Å². The standard InChI is InChI=1S/4H2O.Re/h4*1H2;/p-4. The van der Waals surface area contributed by atoms with E-state index in [0.717, 1.165) is 0 Å². The summed E-state index contributed by atoms with van der Waals surface area (Å²) in [7, 11) is 0. The van der Waals surface area contributed by atoms with Crippen molar-refractivity contribution in [3.8, 4) is 0 Å².